The fraction of sp³-hybridized carbons (Fsp3) is 0.391. The number of amides is 2. The zero-order chi connectivity index (χ0) is 22.1. The summed E-state index contributed by atoms with van der Waals surface area (Å²) in [5, 5.41) is 3.58. The number of carbonyl (C=O) groups excluding carboxylic acids is 2. The van der Waals surface area contributed by atoms with Crippen molar-refractivity contribution in [2.75, 3.05) is 19.4 Å². The largest absolute Gasteiger partial charge is 0.497 e. The molecular formula is C23H29ClN2O3S. The van der Waals surface area contributed by atoms with Crippen molar-refractivity contribution >= 4 is 35.2 Å². The van der Waals surface area contributed by atoms with Gasteiger partial charge in [-0.1, -0.05) is 37.6 Å². The third-order valence-corrected chi connectivity index (χ3v) is 5.79. The van der Waals surface area contributed by atoms with Gasteiger partial charge in [0.15, 0.2) is 0 Å². The Morgan fingerprint density at radius 1 is 1.07 bits per heavy atom. The van der Waals surface area contributed by atoms with Crippen LogP contribution in [0.1, 0.15) is 26.3 Å². The van der Waals surface area contributed by atoms with Gasteiger partial charge in [-0.05, 0) is 54.8 Å². The normalized spacial score (nSPS) is 11.8. The molecular weight excluding hydrogens is 420 g/mol. The number of carbonyl (C=O) groups is 2. The van der Waals surface area contributed by atoms with Crippen LogP contribution in [0.5, 0.6) is 5.75 Å². The minimum absolute atomic E-state index is 0.0991. The van der Waals surface area contributed by atoms with Gasteiger partial charge in [-0.2, -0.15) is 0 Å². The second kappa shape index (κ2) is 11.9. The number of methoxy groups -OCH3 is 1. The Balaban J connectivity index is 2.12. The van der Waals surface area contributed by atoms with Crippen LogP contribution in [0.2, 0.25) is 5.02 Å². The lowest BCUT2D eigenvalue weighted by Crippen LogP contribution is -2.48. The van der Waals surface area contributed by atoms with Gasteiger partial charge in [-0.25, -0.2) is 0 Å². The first-order chi connectivity index (χ1) is 14.3. The number of benzene rings is 2. The molecule has 162 valence electrons. The second-order valence-corrected chi connectivity index (χ2v) is 8.91. The van der Waals surface area contributed by atoms with Gasteiger partial charge in [-0.15, -0.1) is 11.8 Å². The number of thioether (sulfide) groups is 1. The van der Waals surface area contributed by atoms with Crippen LogP contribution in [-0.4, -0.2) is 42.2 Å². The summed E-state index contributed by atoms with van der Waals surface area (Å²) in [6.07, 6.45) is 0. The Labute approximate surface area is 188 Å². The van der Waals surface area contributed by atoms with Crippen LogP contribution >= 0.6 is 23.4 Å². The predicted molar refractivity (Wildman–Crippen MR) is 123 cm³/mol. The molecule has 0 bridgehead atoms. The fourth-order valence-corrected chi connectivity index (χ4v) is 3.63. The molecule has 1 atom stereocenters. The predicted octanol–water partition coefficient (Wildman–Crippen LogP) is 4.63. The maximum Gasteiger partial charge on any atom is 0.242 e. The van der Waals surface area contributed by atoms with Gasteiger partial charge in [0.25, 0.3) is 0 Å². The second-order valence-electron chi connectivity index (χ2n) is 7.43. The molecule has 0 aliphatic carbocycles. The summed E-state index contributed by atoms with van der Waals surface area (Å²) in [6, 6.07) is 14.3. The van der Waals surface area contributed by atoms with E-state index >= 15 is 0 Å². The van der Waals surface area contributed by atoms with Crippen LogP contribution in [0, 0.1) is 5.92 Å². The first-order valence-electron chi connectivity index (χ1n) is 9.88. The lowest BCUT2D eigenvalue weighted by molar-refractivity contribution is -0.138. The molecule has 0 spiro atoms. The highest BCUT2D eigenvalue weighted by atomic mass is 35.5. The van der Waals surface area contributed by atoms with Gasteiger partial charge >= 0.3 is 0 Å². The molecule has 30 heavy (non-hydrogen) atoms. The average molecular weight is 449 g/mol. The van der Waals surface area contributed by atoms with E-state index in [1.165, 1.54) is 11.8 Å². The highest BCUT2D eigenvalue weighted by molar-refractivity contribution is 8.00. The first kappa shape index (κ1) is 24.1. The van der Waals surface area contributed by atoms with Crippen molar-refractivity contribution < 1.29 is 14.3 Å². The monoisotopic (exact) mass is 448 g/mol. The number of halogens is 1. The Morgan fingerprint density at radius 2 is 1.70 bits per heavy atom. The van der Waals surface area contributed by atoms with Crippen LogP contribution in [0.4, 0.5) is 0 Å². The maximum atomic E-state index is 13.1. The number of hydrogen-bond acceptors (Lipinski definition) is 4. The number of hydrogen-bond donors (Lipinski definition) is 1. The van der Waals surface area contributed by atoms with E-state index in [0.29, 0.717) is 24.0 Å². The average Bonchev–Trinajstić information content (AvgIpc) is 2.75. The summed E-state index contributed by atoms with van der Waals surface area (Å²) < 4.78 is 5.20. The third kappa shape index (κ3) is 7.58. The van der Waals surface area contributed by atoms with Crippen molar-refractivity contribution in [1.82, 2.24) is 10.2 Å². The standard InChI is InChI=1S/C23H29ClN2O3S/c1-16(2)13-25-23(28)17(3)26(14-18-5-9-20(29-4)10-6-18)22(27)15-30-21-11-7-19(24)8-12-21/h5-12,16-17H,13-15H2,1-4H3,(H,25,28)/t17-/m1/s1. The molecule has 0 unspecified atom stereocenters. The van der Waals surface area contributed by atoms with Gasteiger partial charge < -0.3 is 15.0 Å². The van der Waals surface area contributed by atoms with E-state index in [4.69, 9.17) is 16.3 Å². The minimum Gasteiger partial charge on any atom is -0.497 e. The third-order valence-electron chi connectivity index (χ3n) is 4.54. The van der Waals surface area contributed by atoms with Crippen LogP contribution in [0.3, 0.4) is 0 Å². The van der Waals surface area contributed by atoms with E-state index in [0.717, 1.165) is 16.2 Å². The summed E-state index contributed by atoms with van der Waals surface area (Å²) in [7, 11) is 1.61. The lowest BCUT2D eigenvalue weighted by Gasteiger charge is -2.29. The van der Waals surface area contributed by atoms with Crippen LogP contribution in [0.25, 0.3) is 0 Å². The molecule has 2 rings (SSSR count). The Bertz CT molecular complexity index is 825. The molecule has 0 fully saturated rings. The SMILES string of the molecule is COc1ccc(CN(C(=O)CSc2ccc(Cl)cc2)[C@H](C)C(=O)NCC(C)C)cc1. The quantitative estimate of drug-likeness (QED) is 0.538. The Morgan fingerprint density at radius 3 is 2.27 bits per heavy atom. The van der Waals surface area contributed by atoms with Crippen LogP contribution in [0.15, 0.2) is 53.4 Å². The van der Waals surface area contributed by atoms with Gasteiger partial charge in [0, 0.05) is 23.0 Å². The van der Waals surface area contributed by atoms with E-state index in [2.05, 4.69) is 5.32 Å². The molecule has 0 aliphatic heterocycles. The first-order valence-corrected chi connectivity index (χ1v) is 11.2. The van der Waals surface area contributed by atoms with Gasteiger partial charge in [0.2, 0.25) is 11.8 Å². The van der Waals surface area contributed by atoms with Crippen LogP contribution in [-0.2, 0) is 16.1 Å². The van der Waals surface area contributed by atoms with Gasteiger partial charge in [0.05, 0.1) is 12.9 Å². The summed E-state index contributed by atoms with van der Waals surface area (Å²) in [4.78, 5) is 28.3. The van der Waals surface area contributed by atoms with Crippen molar-refractivity contribution in [3.63, 3.8) is 0 Å². The van der Waals surface area contributed by atoms with Crippen molar-refractivity contribution in [2.45, 2.75) is 38.3 Å². The summed E-state index contributed by atoms with van der Waals surface area (Å²) in [5.74, 6) is 1.07. The van der Waals surface area contributed by atoms with Gasteiger partial charge in [-0.3, -0.25) is 9.59 Å². The number of nitrogens with one attached hydrogen (secondary N) is 1. The van der Waals surface area contributed by atoms with E-state index in [1.807, 2.05) is 50.2 Å². The van der Waals surface area contributed by atoms with Crippen molar-refractivity contribution in [2.24, 2.45) is 5.92 Å². The molecule has 2 aromatic carbocycles. The Hall–Kier alpha value is -2.18. The van der Waals surface area contributed by atoms with Crippen LogP contribution < -0.4 is 10.1 Å². The molecule has 5 nitrogen and oxygen atoms in total. The zero-order valence-corrected chi connectivity index (χ0v) is 19.4. The Kier molecular flexibility index (Phi) is 9.53. The molecule has 0 saturated heterocycles. The molecule has 7 heteroatoms. The molecule has 2 amide bonds. The molecule has 0 aliphatic rings. The molecule has 0 saturated carbocycles. The van der Waals surface area contributed by atoms with E-state index in [9.17, 15) is 9.59 Å². The number of ether oxygens (including phenoxy) is 1. The van der Waals surface area contributed by atoms with Crippen molar-refractivity contribution in [3.05, 3.63) is 59.1 Å². The van der Waals surface area contributed by atoms with E-state index < -0.39 is 6.04 Å². The number of rotatable bonds is 10. The molecule has 2 aromatic rings. The fourth-order valence-electron chi connectivity index (χ4n) is 2.72. The molecule has 1 N–H and O–H groups in total. The lowest BCUT2D eigenvalue weighted by atomic mass is 10.1. The van der Waals surface area contributed by atoms with Crippen molar-refractivity contribution in [1.29, 1.82) is 0 Å². The highest BCUT2D eigenvalue weighted by Gasteiger charge is 2.26. The maximum absolute atomic E-state index is 13.1. The highest BCUT2D eigenvalue weighted by Crippen LogP contribution is 2.22. The molecule has 0 radical (unpaired) electrons. The molecule has 0 heterocycles. The zero-order valence-electron chi connectivity index (χ0n) is 17.9. The smallest absolute Gasteiger partial charge is 0.242 e. The topological polar surface area (TPSA) is 58.6 Å². The number of nitrogens with zero attached hydrogens (tertiary/aromatic N) is 1. The summed E-state index contributed by atoms with van der Waals surface area (Å²) in [5.41, 5.74) is 0.934. The summed E-state index contributed by atoms with van der Waals surface area (Å²) >= 11 is 7.36. The van der Waals surface area contributed by atoms with E-state index in [1.54, 1.807) is 31.1 Å². The van der Waals surface area contributed by atoms with Gasteiger partial charge in [0.1, 0.15) is 11.8 Å². The van der Waals surface area contributed by atoms with Crippen molar-refractivity contribution in [3.8, 4) is 5.75 Å². The summed E-state index contributed by atoms with van der Waals surface area (Å²) in [6.45, 7) is 6.76. The molecule has 0 aromatic heterocycles. The van der Waals surface area contributed by atoms with E-state index in [-0.39, 0.29) is 17.6 Å². The minimum atomic E-state index is -0.579.